The highest BCUT2D eigenvalue weighted by Gasteiger charge is 2.58. The van der Waals surface area contributed by atoms with Crippen LogP contribution in [0.25, 0.3) is 0 Å². The fourth-order valence-corrected chi connectivity index (χ4v) is 2.98. The van der Waals surface area contributed by atoms with Crippen LogP contribution in [0.2, 0.25) is 0 Å². The highest BCUT2D eigenvalue weighted by atomic mass is 16.6. The maximum absolute atomic E-state index is 11.7. The van der Waals surface area contributed by atoms with E-state index in [2.05, 4.69) is 5.32 Å². The molecule has 1 amide bonds. The summed E-state index contributed by atoms with van der Waals surface area (Å²) in [7, 11) is 0. The zero-order valence-electron chi connectivity index (χ0n) is 13.2. The Kier molecular flexibility index (Phi) is 4.28. The number of hydrogen-bond acceptors (Lipinski definition) is 3. The third-order valence-electron chi connectivity index (χ3n) is 4.10. The number of ether oxygens (including phenoxy) is 1. The molecule has 1 aliphatic carbocycles. The van der Waals surface area contributed by atoms with E-state index in [4.69, 9.17) is 4.74 Å². The monoisotopic (exact) mass is 291 g/mol. The molecule has 2 rings (SSSR count). The largest absolute Gasteiger partial charge is 0.444 e. The van der Waals surface area contributed by atoms with Crippen molar-refractivity contribution in [3.63, 3.8) is 0 Å². The Balaban J connectivity index is 1.96. The predicted octanol–water partition coefficient (Wildman–Crippen LogP) is 2.85. The quantitative estimate of drug-likeness (QED) is 0.897. The molecule has 0 aromatic heterocycles. The minimum Gasteiger partial charge on any atom is -0.444 e. The minimum absolute atomic E-state index is 0.240. The van der Waals surface area contributed by atoms with Gasteiger partial charge < -0.3 is 15.2 Å². The van der Waals surface area contributed by atoms with Crippen LogP contribution < -0.4 is 5.32 Å². The molecule has 0 heterocycles. The molecule has 1 saturated carbocycles. The number of amides is 1. The first-order valence-electron chi connectivity index (χ1n) is 7.46. The lowest BCUT2D eigenvalue weighted by atomic mass is 9.88. The molecule has 1 aromatic carbocycles. The Hall–Kier alpha value is -1.55. The topological polar surface area (TPSA) is 58.6 Å². The van der Waals surface area contributed by atoms with Gasteiger partial charge >= 0.3 is 6.09 Å². The maximum Gasteiger partial charge on any atom is 0.407 e. The summed E-state index contributed by atoms with van der Waals surface area (Å²) >= 11 is 0. The second-order valence-electron chi connectivity index (χ2n) is 6.87. The van der Waals surface area contributed by atoms with Crippen LogP contribution in [0, 0.1) is 5.92 Å². The molecule has 116 valence electrons. The Morgan fingerprint density at radius 1 is 1.43 bits per heavy atom. The van der Waals surface area contributed by atoms with Gasteiger partial charge in [-0.2, -0.15) is 0 Å². The number of carbonyl (C=O) groups is 1. The van der Waals surface area contributed by atoms with Crippen molar-refractivity contribution in [2.75, 3.05) is 6.54 Å². The van der Waals surface area contributed by atoms with E-state index in [0.717, 1.165) is 12.0 Å². The summed E-state index contributed by atoms with van der Waals surface area (Å²) in [5.41, 5.74) is 0.404. The highest BCUT2D eigenvalue weighted by Crippen LogP contribution is 2.56. The molecule has 21 heavy (non-hydrogen) atoms. The van der Waals surface area contributed by atoms with Gasteiger partial charge in [-0.05, 0) is 45.6 Å². The Morgan fingerprint density at radius 3 is 2.57 bits per heavy atom. The van der Waals surface area contributed by atoms with E-state index in [1.165, 1.54) is 0 Å². The van der Waals surface area contributed by atoms with E-state index < -0.39 is 17.8 Å². The second-order valence-corrected chi connectivity index (χ2v) is 6.87. The van der Waals surface area contributed by atoms with Crippen molar-refractivity contribution >= 4 is 6.09 Å². The minimum atomic E-state index is -0.492. The number of alkyl carbamates (subject to hydrolysis) is 1. The molecule has 0 saturated heterocycles. The predicted molar refractivity (Wildman–Crippen MR) is 82.1 cm³/mol. The van der Waals surface area contributed by atoms with Crippen LogP contribution >= 0.6 is 0 Å². The van der Waals surface area contributed by atoms with Crippen molar-refractivity contribution in [3.8, 4) is 0 Å². The van der Waals surface area contributed by atoms with E-state index >= 15 is 0 Å². The third-order valence-corrected chi connectivity index (χ3v) is 4.10. The number of aliphatic hydroxyl groups excluding tert-OH is 1. The van der Waals surface area contributed by atoms with Gasteiger partial charge in [0.1, 0.15) is 5.60 Å². The van der Waals surface area contributed by atoms with Gasteiger partial charge in [0.15, 0.2) is 0 Å². The number of hydrogen-bond donors (Lipinski definition) is 2. The summed E-state index contributed by atoms with van der Waals surface area (Å²) in [5, 5.41) is 13.0. The van der Waals surface area contributed by atoms with Gasteiger partial charge in [-0.1, -0.05) is 30.3 Å². The standard InChI is InChI=1S/C17H25NO3/c1-12(19)17(13-8-6-5-7-9-13)10-14(17)11-18-15(20)21-16(2,3)4/h5-9,12,14,19H,10-11H2,1-4H3,(H,18,20)/t12-,14?,17-/m1/s1. The Labute approximate surface area is 126 Å². The van der Waals surface area contributed by atoms with Gasteiger partial charge in [-0.15, -0.1) is 0 Å². The fourth-order valence-electron chi connectivity index (χ4n) is 2.98. The van der Waals surface area contributed by atoms with Gasteiger partial charge in [0.2, 0.25) is 0 Å². The molecule has 4 heteroatoms. The summed E-state index contributed by atoms with van der Waals surface area (Å²) < 4.78 is 5.24. The average Bonchev–Trinajstić information content (AvgIpc) is 3.11. The molecule has 3 atom stereocenters. The van der Waals surface area contributed by atoms with Crippen LogP contribution in [0.5, 0.6) is 0 Å². The third kappa shape index (κ3) is 3.56. The molecule has 1 unspecified atom stereocenters. The SMILES string of the molecule is C[C@@H](O)[C@@]1(c2ccccc2)CC1CNC(=O)OC(C)(C)C. The Morgan fingerprint density at radius 2 is 2.05 bits per heavy atom. The molecule has 0 radical (unpaired) electrons. The van der Waals surface area contributed by atoms with Gasteiger partial charge in [0.05, 0.1) is 6.10 Å². The first kappa shape index (κ1) is 15.8. The van der Waals surface area contributed by atoms with E-state index in [1.807, 2.05) is 58.0 Å². The van der Waals surface area contributed by atoms with Gasteiger partial charge in [-0.3, -0.25) is 0 Å². The van der Waals surface area contributed by atoms with Gasteiger partial charge in [0.25, 0.3) is 0 Å². The number of nitrogens with one attached hydrogen (secondary N) is 1. The lowest BCUT2D eigenvalue weighted by Crippen LogP contribution is -2.35. The van der Waals surface area contributed by atoms with Crippen LogP contribution in [-0.2, 0) is 10.2 Å². The number of aliphatic hydroxyl groups is 1. The second kappa shape index (κ2) is 5.68. The molecule has 0 bridgehead atoms. The van der Waals surface area contributed by atoms with E-state index in [0.29, 0.717) is 6.54 Å². The first-order chi connectivity index (χ1) is 9.75. The molecular weight excluding hydrogens is 266 g/mol. The van der Waals surface area contributed by atoms with Gasteiger partial charge in [-0.25, -0.2) is 4.79 Å². The molecule has 0 spiro atoms. The van der Waals surface area contributed by atoms with E-state index in [-0.39, 0.29) is 11.3 Å². The summed E-state index contributed by atoms with van der Waals surface area (Å²) in [5.74, 6) is 0.243. The van der Waals surface area contributed by atoms with Crippen LogP contribution in [0.15, 0.2) is 30.3 Å². The number of carbonyl (C=O) groups excluding carboxylic acids is 1. The fraction of sp³-hybridized carbons (Fsp3) is 0.588. The van der Waals surface area contributed by atoms with Crippen LogP contribution in [-0.4, -0.2) is 29.4 Å². The average molecular weight is 291 g/mol. The summed E-state index contributed by atoms with van der Waals surface area (Å²) in [6.45, 7) is 7.87. The summed E-state index contributed by atoms with van der Waals surface area (Å²) in [6.07, 6.45) is 0.0390. The Bertz CT molecular complexity index is 493. The van der Waals surface area contributed by atoms with Crippen LogP contribution in [0.1, 0.15) is 39.7 Å². The van der Waals surface area contributed by atoms with Crippen LogP contribution in [0.4, 0.5) is 4.79 Å². The molecule has 2 N–H and O–H groups in total. The maximum atomic E-state index is 11.7. The molecule has 1 aromatic rings. The summed E-state index contributed by atoms with van der Waals surface area (Å²) in [4.78, 5) is 11.7. The highest BCUT2D eigenvalue weighted by molar-refractivity contribution is 5.67. The van der Waals surface area contributed by atoms with Crippen molar-refractivity contribution in [1.82, 2.24) is 5.32 Å². The molecule has 0 aliphatic heterocycles. The lowest BCUT2D eigenvalue weighted by molar-refractivity contribution is 0.0520. The summed E-state index contributed by atoms with van der Waals surface area (Å²) in [6, 6.07) is 10.0. The zero-order chi connectivity index (χ0) is 15.7. The zero-order valence-corrected chi connectivity index (χ0v) is 13.2. The number of benzene rings is 1. The molecule has 1 aliphatic rings. The smallest absolute Gasteiger partial charge is 0.407 e. The lowest BCUT2D eigenvalue weighted by Gasteiger charge is -2.23. The van der Waals surface area contributed by atoms with Crippen molar-refractivity contribution in [3.05, 3.63) is 35.9 Å². The first-order valence-corrected chi connectivity index (χ1v) is 7.46. The number of rotatable bonds is 4. The molecular formula is C17H25NO3. The van der Waals surface area contributed by atoms with E-state index in [1.54, 1.807) is 0 Å². The molecule has 4 nitrogen and oxygen atoms in total. The van der Waals surface area contributed by atoms with Crippen molar-refractivity contribution in [2.45, 2.75) is 51.2 Å². The molecule has 1 fully saturated rings. The van der Waals surface area contributed by atoms with Crippen molar-refractivity contribution in [2.24, 2.45) is 5.92 Å². The van der Waals surface area contributed by atoms with Crippen molar-refractivity contribution < 1.29 is 14.6 Å². The van der Waals surface area contributed by atoms with Crippen LogP contribution in [0.3, 0.4) is 0 Å². The van der Waals surface area contributed by atoms with Gasteiger partial charge in [0, 0.05) is 12.0 Å². The van der Waals surface area contributed by atoms with E-state index in [9.17, 15) is 9.90 Å². The normalized spacial score (nSPS) is 26.0. The van der Waals surface area contributed by atoms with Crippen molar-refractivity contribution in [1.29, 1.82) is 0 Å².